The molecule has 0 aliphatic rings. The molecule has 7 aromatic rings. The first-order chi connectivity index (χ1) is 21.8. The third-order valence-corrected chi connectivity index (χ3v) is 8.49. The van der Waals surface area contributed by atoms with Crippen LogP contribution in [0.15, 0.2) is 103 Å². The van der Waals surface area contributed by atoms with Crippen LogP contribution in [-0.4, -0.2) is 26.4 Å². The van der Waals surface area contributed by atoms with Crippen molar-refractivity contribution in [3.05, 3.63) is 126 Å². The molecule has 3 heterocycles. The van der Waals surface area contributed by atoms with Crippen LogP contribution in [-0.2, 0) is 0 Å². The number of nitrogens with zero attached hydrogens (tertiary/aromatic N) is 4. The number of fused-ring (bicyclic) bond motifs is 3. The van der Waals surface area contributed by atoms with Gasteiger partial charge in [-0.2, -0.15) is 5.10 Å². The van der Waals surface area contributed by atoms with E-state index >= 15 is 0 Å². The molecule has 0 atom stereocenters. The Kier molecular flexibility index (Phi) is 7.13. The Labute approximate surface area is 263 Å². The van der Waals surface area contributed by atoms with Crippen molar-refractivity contribution < 1.29 is 9.47 Å². The van der Waals surface area contributed by atoms with E-state index in [2.05, 4.69) is 112 Å². The van der Waals surface area contributed by atoms with Crippen molar-refractivity contribution in [2.75, 3.05) is 7.11 Å². The highest BCUT2D eigenvalue weighted by Crippen LogP contribution is 2.38. The molecule has 7 rings (SSSR count). The molecule has 0 unspecified atom stereocenters. The van der Waals surface area contributed by atoms with E-state index in [1.165, 1.54) is 11.1 Å². The zero-order valence-corrected chi connectivity index (χ0v) is 26.5. The first-order valence-electron chi connectivity index (χ1n) is 15.3. The highest BCUT2D eigenvalue weighted by atomic mass is 16.5. The summed E-state index contributed by atoms with van der Waals surface area (Å²) in [5.41, 5.74) is 9.80. The number of hydrogen-bond acceptors (Lipinski definition) is 4. The second kappa shape index (κ2) is 11.3. The molecule has 0 radical (unpaired) electrons. The Morgan fingerprint density at radius 3 is 2.27 bits per heavy atom. The maximum absolute atomic E-state index is 6.66. The monoisotopic (exact) mass is 592 g/mol. The molecule has 6 nitrogen and oxygen atoms in total. The quantitative estimate of drug-likeness (QED) is 0.185. The maximum Gasteiger partial charge on any atom is 0.137 e. The molecule has 0 aliphatic heterocycles. The summed E-state index contributed by atoms with van der Waals surface area (Å²) in [6, 6.07) is 33.4. The Morgan fingerprint density at radius 1 is 0.711 bits per heavy atom. The van der Waals surface area contributed by atoms with Crippen LogP contribution in [0, 0.1) is 20.8 Å². The van der Waals surface area contributed by atoms with Crippen molar-refractivity contribution >= 4 is 21.8 Å². The van der Waals surface area contributed by atoms with Gasteiger partial charge in [0.1, 0.15) is 23.1 Å². The lowest BCUT2D eigenvalue weighted by Crippen LogP contribution is -2.02. The highest BCUT2D eigenvalue weighted by molar-refractivity contribution is 6.10. The Hall–Kier alpha value is -5.36. The molecule has 0 bridgehead atoms. The van der Waals surface area contributed by atoms with Crippen LogP contribution in [0.1, 0.15) is 42.3 Å². The molecule has 6 heteroatoms. The van der Waals surface area contributed by atoms with Crippen molar-refractivity contribution in [1.82, 2.24) is 19.3 Å². The van der Waals surface area contributed by atoms with E-state index in [1.54, 1.807) is 7.11 Å². The van der Waals surface area contributed by atoms with E-state index in [0.717, 1.165) is 73.1 Å². The van der Waals surface area contributed by atoms with Gasteiger partial charge < -0.3 is 9.47 Å². The Balaban J connectivity index is 1.35. The predicted molar refractivity (Wildman–Crippen MR) is 183 cm³/mol. The van der Waals surface area contributed by atoms with E-state index in [9.17, 15) is 0 Å². The maximum atomic E-state index is 6.66. The molecule has 224 valence electrons. The highest BCUT2D eigenvalue weighted by Gasteiger charge is 2.18. The number of pyridine rings is 1. The fraction of sp³-hybridized carbons (Fsp3) is 0.179. The van der Waals surface area contributed by atoms with Gasteiger partial charge in [0.05, 0.1) is 29.5 Å². The normalized spacial score (nSPS) is 11.5. The zero-order valence-electron chi connectivity index (χ0n) is 26.5. The van der Waals surface area contributed by atoms with Crippen LogP contribution < -0.4 is 9.47 Å². The summed E-state index contributed by atoms with van der Waals surface area (Å²) >= 11 is 0. The van der Waals surface area contributed by atoms with Crippen molar-refractivity contribution in [1.29, 1.82) is 0 Å². The number of ether oxygens (including phenoxy) is 2. The minimum atomic E-state index is 0.310. The fourth-order valence-corrected chi connectivity index (χ4v) is 6.23. The predicted octanol–water partition coefficient (Wildman–Crippen LogP) is 9.88. The largest absolute Gasteiger partial charge is 0.497 e. The van der Waals surface area contributed by atoms with Crippen LogP contribution in [0.5, 0.6) is 17.2 Å². The molecule has 0 amide bonds. The van der Waals surface area contributed by atoms with Crippen molar-refractivity contribution in [3.63, 3.8) is 0 Å². The van der Waals surface area contributed by atoms with Gasteiger partial charge in [-0.1, -0.05) is 44.2 Å². The number of hydrogen-bond donors (Lipinski definition) is 0. The topological polar surface area (TPSA) is 54.1 Å². The molecule has 0 saturated carbocycles. The second-order valence-electron chi connectivity index (χ2n) is 11.9. The minimum Gasteiger partial charge on any atom is -0.497 e. The van der Waals surface area contributed by atoms with Gasteiger partial charge in [0, 0.05) is 40.4 Å². The molecular weight excluding hydrogens is 556 g/mol. The number of benzene rings is 4. The SMILES string of the molecule is COc1ccc2c(c1)c1ccc(Oc3cc(C(C)C)cc(-n4nc(C)c(-c5ccccc5)c4C)c3)cc1n2-c1cc(C)ccn1. The first kappa shape index (κ1) is 28.4. The number of aryl methyl sites for hydroxylation is 2. The summed E-state index contributed by atoms with van der Waals surface area (Å²) in [7, 11) is 1.70. The van der Waals surface area contributed by atoms with Gasteiger partial charge in [-0.05, 0) is 98.0 Å². The van der Waals surface area contributed by atoms with Crippen LogP contribution in [0.25, 0.3) is 44.4 Å². The molecule has 45 heavy (non-hydrogen) atoms. The lowest BCUT2D eigenvalue weighted by atomic mass is 10.0. The van der Waals surface area contributed by atoms with Crippen molar-refractivity contribution in [2.24, 2.45) is 0 Å². The fourth-order valence-electron chi connectivity index (χ4n) is 6.23. The third kappa shape index (κ3) is 5.12. The van der Waals surface area contributed by atoms with Crippen LogP contribution >= 0.6 is 0 Å². The molecule has 3 aromatic heterocycles. The smallest absolute Gasteiger partial charge is 0.137 e. The molecular formula is C39H36N4O2. The van der Waals surface area contributed by atoms with Gasteiger partial charge in [-0.3, -0.25) is 4.57 Å². The van der Waals surface area contributed by atoms with E-state index < -0.39 is 0 Å². The zero-order chi connectivity index (χ0) is 31.2. The van der Waals surface area contributed by atoms with Gasteiger partial charge in [-0.25, -0.2) is 9.67 Å². The summed E-state index contributed by atoms with van der Waals surface area (Å²) in [5.74, 6) is 3.50. The van der Waals surface area contributed by atoms with Gasteiger partial charge in [0.15, 0.2) is 0 Å². The van der Waals surface area contributed by atoms with Gasteiger partial charge in [-0.15, -0.1) is 0 Å². The van der Waals surface area contributed by atoms with Crippen LogP contribution in [0.3, 0.4) is 0 Å². The van der Waals surface area contributed by atoms with Crippen molar-refractivity contribution in [3.8, 4) is 39.9 Å². The average Bonchev–Trinajstić information content (AvgIpc) is 3.53. The summed E-state index contributed by atoms with van der Waals surface area (Å²) in [5, 5.41) is 7.18. The average molecular weight is 593 g/mol. The van der Waals surface area contributed by atoms with Gasteiger partial charge >= 0.3 is 0 Å². The Bertz CT molecular complexity index is 2190. The standard InChI is InChI=1S/C39H36N4O2/c1-24(2)29-19-30(43-27(5)39(26(4)41-43)28-10-8-7-9-11-28)21-33(20-29)45-32-12-14-34-35-22-31(44-6)13-15-36(35)42(37(34)23-32)38-18-25(3)16-17-40-38/h7-24H,1-6H3. The van der Waals surface area contributed by atoms with Gasteiger partial charge in [0.2, 0.25) is 0 Å². The Morgan fingerprint density at radius 2 is 1.51 bits per heavy atom. The minimum absolute atomic E-state index is 0.310. The number of rotatable bonds is 7. The molecule has 0 saturated heterocycles. The van der Waals surface area contributed by atoms with Crippen LogP contribution in [0.4, 0.5) is 0 Å². The molecule has 0 aliphatic carbocycles. The second-order valence-corrected chi connectivity index (χ2v) is 11.9. The van der Waals surface area contributed by atoms with E-state index in [-0.39, 0.29) is 0 Å². The molecule has 0 spiro atoms. The lowest BCUT2D eigenvalue weighted by molar-refractivity contribution is 0.415. The van der Waals surface area contributed by atoms with E-state index in [0.29, 0.717) is 5.92 Å². The summed E-state index contributed by atoms with van der Waals surface area (Å²) in [6.45, 7) is 10.7. The van der Waals surface area contributed by atoms with E-state index in [4.69, 9.17) is 19.6 Å². The lowest BCUT2D eigenvalue weighted by Gasteiger charge is -2.15. The van der Waals surface area contributed by atoms with Gasteiger partial charge in [0.25, 0.3) is 0 Å². The summed E-state index contributed by atoms with van der Waals surface area (Å²) < 4.78 is 16.5. The first-order valence-corrected chi connectivity index (χ1v) is 15.3. The van der Waals surface area contributed by atoms with E-state index in [1.807, 2.05) is 35.1 Å². The summed E-state index contributed by atoms with van der Waals surface area (Å²) in [6.07, 6.45) is 1.85. The molecule has 0 fully saturated rings. The molecule has 0 N–H and O–H groups in total. The molecule has 4 aromatic carbocycles. The summed E-state index contributed by atoms with van der Waals surface area (Å²) in [4.78, 5) is 4.74. The van der Waals surface area contributed by atoms with Crippen LogP contribution in [0.2, 0.25) is 0 Å². The number of methoxy groups -OCH3 is 1. The third-order valence-electron chi connectivity index (χ3n) is 8.49. The van der Waals surface area contributed by atoms with Crippen molar-refractivity contribution in [2.45, 2.75) is 40.5 Å². The number of aromatic nitrogens is 4.